The zero-order valence-corrected chi connectivity index (χ0v) is 15.5. The molecule has 1 heterocycles. The van der Waals surface area contributed by atoms with Crippen molar-refractivity contribution in [3.05, 3.63) is 41.3 Å². The van der Waals surface area contributed by atoms with Gasteiger partial charge in [0, 0.05) is 9.75 Å². The molecule has 1 nitrogen and oxygen atoms in total. The number of rotatable bonds is 11. The Labute approximate surface area is 145 Å². The highest BCUT2D eigenvalue weighted by Crippen LogP contribution is 2.30. The van der Waals surface area contributed by atoms with Gasteiger partial charge in [0.2, 0.25) is 0 Å². The van der Waals surface area contributed by atoms with E-state index in [0.717, 1.165) is 5.75 Å². The Hall–Kier alpha value is -1.28. The zero-order valence-electron chi connectivity index (χ0n) is 14.6. The first kappa shape index (κ1) is 18.1. The summed E-state index contributed by atoms with van der Waals surface area (Å²) in [4.78, 5) is 2.88. The van der Waals surface area contributed by atoms with Gasteiger partial charge in [-0.1, -0.05) is 51.9 Å². The summed E-state index contributed by atoms with van der Waals surface area (Å²) >= 11 is 1.93. The molecule has 0 aliphatic heterocycles. The summed E-state index contributed by atoms with van der Waals surface area (Å²) < 4.78 is 5.22. The van der Waals surface area contributed by atoms with Gasteiger partial charge in [0.05, 0.1) is 7.11 Å². The third-order valence-electron chi connectivity index (χ3n) is 4.31. The van der Waals surface area contributed by atoms with Crippen molar-refractivity contribution in [2.75, 3.05) is 7.11 Å². The van der Waals surface area contributed by atoms with Crippen LogP contribution in [0.2, 0.25) is 0 Å². The number of unbranched alkanes of at least 4 members (excludes halogenated alkanes) is 7. The fraction of sp³-hybridized carbons (Fsp3) is 0.524. The summed E-state index contributed by atoms with van der Waals surface area (Å²) in [6, 6.07) is 12.9. The lowest BCUT2D eigenvalue weighted by Crippen LogP contribution is -1.83. The van der Waals surface area contributed by atoms with E-state index in [1.807, 2.05) is 23.5 Å². The van der Waals surface area contributed by atoms with Gasteiger partial charge in [0.1, 0.15) is 5.75 Å². The van der Waals surface area contributed by atoms with Crippen LogP contribution in [-0.4, -0.2) is 7.11 Å². The summed E-state index contributed by atoms with van der Waals surface area (Å²) in [5.74, 6) is 0.921. The van der Waals surface area contributed by atoms with E-state index in [9.17, 15) is 0 Å². The Morgan fingerprint density at radius 3 is 2.09 bits per heavy atom. The third kappa shape index (κ3) is 6.39. The van der Waals surface area contributed by atoms with E-state index >= 15 is 0 Å². The van der Waals surface area contributed by atoms with Crippen LogP contribution in [0.25, 0.3) is 10.4 Å². The van der Waals surface area contributed by atoms with Gasteiger partial charge in [-0.3, -0.25) is 0 Å². The Kier molecular flexibility index (Phi) is 8.24. The molecular weight excluding hydrogens is 300 g/mol. The Morgan fingerprint density at radius 1 is 0.783 bits per heavy atom. The van der Waals surface area contributed by atoms with Gasteiger partial charge >= 0.3 is 0 Å². The molecule has 0 aliphatic rings. The molecule has 23 heavy (non-hydrogen) atoms. The molecule has 0 saturated heterocycles. The van der Waals surface area contributed by atoms with Crippen molar-refractivity contribution in [2.24, 2.45) is 0 Å². The van der Waals surface area contributed by atoms with Crippen LogP contribution in [0.15, 0.2) is 36.4 Å². The zero-order chi connectivity index (χ0) is 16.3. The van der Waals surface area contributed by atoms with Gasteiger partial charge in [-0.25, -0.2) is 0 Å². The van der Waals surface area contributed by atoms with Gasteiger partial charge in [-0.15, -0.1) is 11.3 Å². The fourth-order valence-corrected chi connectivity index (χ4v) is 3.91. The van der Waals surface area contributed by atoms with Crippen LogP contribution in [0.4, 0.5) is 0 Å². The number of methoxy groups -OCH3 is 1. The van der Waals surface area contributed by atoms with Crippen LogP contribution < -0.4 is 4.74 Å². The second-order valence-corrected chi connectivity index (χ2v) is 7.39. The molecule has 2 aromatic rings. The maximum absolute atomic E-state index is 5.22. The molecule has 0 aliphatic carbocycles. The average Bonchev–Trinajstić information content (AvgIpc) is 3.06. The number of hydrogen-bond acceptors (Lipinski definition) is 2. The van der Waals surface area contributed by atoms with Crippen LogP contribution in [-0.2, 0) is 6.42 Å². The summed E-state index contributed by atoms with van der Waals surface area (Å²) in [5, 5.41) is 0. The molecule has 0 atom stereocenters. The van der Waals surface area contributed by atoms with Crippen molar-refractivity contribution in [3.63, 3.8) is 0 Å². The Morgan fingerprint density at radius 2 is 1.43 bits per heavy atom. The van der Waals surface area contributed by atoms with Crippen molar-refractivity contribution in [1.29, 1.82) is 0 Å². The Balaban J connectivity index is 1.68. The third-order valence-corrected chi connectivity index (χ3v) is 5.51. The molecule has 0 fully saturated rings. The van der Waals surface area contributed by atoms with Crippen molar-refractivity contribution >= 4 is 11.3 Å². The molecule has 0 spiro atoms. The highest BCUT2D eigenvalue weighted by atomic mass is 32.1. The van der Waals surface area contributed by atoms with Crippen LogP contribution in [0, 0.1) is 0 Å². The van der Waals surface area contributed by atoms with Gasteiger partial charge in [-0.2, -0.15) is 0 Å². The largest absolute Gasteiger partial charge is 0.497 e. The van der Waals surface area contributed by atoms with Gasteiger partial charge in [0.25, 0.3) is 0 Å². The number of benzene rings is 1. The molecule has 0 unspecified atom stereocenters. The van der Waals surface area contributed by atoms with E-state index in [1.54, 1.807) is 7.11 Å². The molecule has 0 bridgehead atoms. The molecule has 1 aromatic heterocycles. The van der Waals surface area contributed by atoms with Crippen LogP contribution in [0.5, 0.6) is 5.75 Å². The van der Waals surface area contributed by atoms with E-state index < -0.39 is 0 Å². The second-order valence-electron chi connectivity index (χ2n) is 6.22. The monoisotopic (exact) mass is 330 g/mol. The number of aryl methyl sites for hydroxylation is 1. The lowest BCUT2D eigenvalue weighted by atomic mass is 10.1. The molecule has 0 N–H and O–H groups in total. The predicted octanol–water partition coefficient (Wildman–Crippen LogP) is 7.11. The van der Waals surface area contributed by atoms with E-state index in [2.05, 4.69) is 31.2 Å². The van der Waals surface area contributed by atoms with Crippen LogP contribution >= 0.6 is 11.3 Å². The fourth-order valence-electron chi connectivity index (χ4n) is 2.86. The minimum absolute atomic E-state index is 0.921. The minimum atomic E-state index is 0.921. The SMILES string of the molecule is CCCCCCCCCCc1ccc(-c2ccc(OC)cc2)s1. The quantitative estimate of drug-likeness (QED) is 0.399. The van der Waals surface area contributed by atoms with Crippen molar-refractivity contribution < 1.29 is 4.74 Å². The van der Waals surface area contributed by atoms with Crippen molar-refractivity contribution in [1.82, 2.24) is 0 Å². The number of ether oxygens (including phenoxy) is 1. The van der Waals surface area contributed by atoms with Crippen LogP contribution in [0.3, 0.4) is 0 Å². The highest BCUT2D eigenvalue weighted by Gasteiger charge is 2.03. The molecule has 2 rings (SSSR count). The number of thiophene rings is 1. The summed E-state index contributed by atoms with van der Waals surface area (Å²) in [6.07, 6.45) is 12.4. The van der Waals surface area contributed by atoms with Crippen molar-refractivity contribution in [3.8, 4) is 16.2 Å². The maximum Gasteiger partial charge on any atom is 0.118 e. The van der Waals surface area contributed by atoms with Gasteiger partial charge < -0.3 is 4.74 Å². The van der Waals surface area contributed by atoms with E-state index in [-0.39, 0.29) is 0 Å². The molecule has 1 aromatic carbocycles. The summed E-state index contributed by atoms with van der Waals surface area (Å²) in [5.41, 5.74) is 1.29. The molecule has 2 heteroatoms. The topological polar surface area (TPSA) is 9.23 Å². The summed E-state index contributed by atoms with van der Waals surface area (Å²) in [7, 11) is 1.71. The molecular formula is C21H30OS. The van der Waals surface area contributed by atoms with E-state index in [1.165, 1.54) is 73.1 Å². The number of hydrogen-bond donors (Lipinski definition) is 0. The normalized spacial score (nSPS) is 10.9. The highest BCUT2D eigenvalue weighted by molar-refractivity contribution is 7.15. The predicted molar refractivity (Wildman–Crippen MR) is 103 cm³/mol. The molecule has 126 valence electrons. The minimum Gasteiger partial charge on any atom is -0.497 e. The van der Waals surface area contributed by atoms with Gasteiger partial charge in [-0.05, 0) is 54.8 Å². The standard InChI is InChI=1S/C21H30OS/c1-3-4-5-6-7-8-9-10-11-20-16-17-21(23-20)18-12-14-19(22-2)15-13-18/h12-17H,3-11H2,1-2H3. The Bertz CT molecular complexity index is 541. The van der Waals surface area contributed by atoms with Gasteiger partial charge in [0.15, 0.2) is 0 Å². The summed E-state index contributed by atoms with van der Waals surface area (Å²) in [6.45, 7) is 2.28. The smallest absolute Gasteiger partial charge is 0.118 e. The molecule has 0 radical (unpaired) electrons. The first-order valence-electron chi connectivity index (χ1n) is 9.06. The second kappa shape index (κ2) is 10.5. The van der Waals surface area contributed by atoms with Crippen molar-refractivity contribution in [2.45, 2.75) is 64.7 Å². The van der Waals surface area contributed by atoms with E-state index in [0.29, 0.717) is 0 Å². The lowest BCUT2D eigenvalue weighted by Gasteiger charge is -2.02. The molecule has 0 saturated carbocycles. The van der Waals surface area contributed by atoms with E-state index in [4.69, 9.17) is 4.74 Å². The maximum atomic E-state index is 5.22. The first-order valence-corrected chi connectivity index (χ1v) is 9.88. The average molecular weight is 331 g/mol. The van der Waals surface area contributed by atoms with Crippen LogP contribution in [0.1, 0.15) is 63.2 Å². The lowest BCUT2D eigenvalue weighted by molar-refractivity contribution is 0.415. The molecule has 0 amide bonds. The first-order chi connectivity index (χ1) is 11.3.